The number of likely N-dealkylation sites (tertiary alicyclic amines) is 1. The van der Waals surface area contributed by atoms with Gasteiger partial charge in [0.2, 0.25) is 0 Å². The monoisotopic (exact) mass is 345 g/mol. The molecule has 0 aromatic heterocycles. The van der Waals surface area contributed by atoms with Crippen molar-refractivity contribution in [1.82, 2.24) is 10.2 Å². The molecule has 2 fully saturated rings. The van der Waals surface area contributed by atoms with Crippen molar-refractivity contribution in [3.05, 3.63) is 0 Å². The number of aliphatic imine (C=N–C) groups is 1. The number of sulfone groups is 1. The zero-order valence-corrected chi connectivity index (χ0v) is 15.3. The van der Waals surface area contributed by atoms with E-state index in [0.717, 1.165) is 25.6 Å². The lowest BCUT2D eigenvalue weighted by atomic mass is 9.86. The normalized spacial score (nSPS) is 21.3. The Balaban J connectivity index is 1.76. The first-order valence-electron chi connectivity index (χ1n) is 8.73. The van der Waals surface area contributed by atoms with Crippen molar-refractivity contribution in [3.63, 3.8) is 0 Å². The van der Waals surface area contributed by atoms with E-state index in [0.29, 0.717) is 18.6 Å². The van der Waals surface area contributed by atoms with Crippen molar-refractivity contribution in [1.29, 1.82) is 0 Å². The van der Waals surface area contributed by atoms with Crippen LogP contribution in [0, 0.1) is 5.41 Å². The van der Waals surface area contributed by atoms with E-state index in [2.05, 4.69) is 22.1 Å². The van der Waals surface area contributed by atoms with Gasteiger partial charge in [0.1, 0.15) is 9.84 Å². The minimum atomic E-state index is -2.94. The third-order valence-corrected chi connectivity index (χ3v) is 5.74. The summed E-state index contributed by atoms with van der Waals surface area (Å²) in [6.07, 6.45) is 7.96. The van der Waals surface area contributed by atoms with Crippen molar-refractivity contribution >= 4 is 15.8 Å². The predicted octanol–water partition coefficient (Wildman–Crippen LogP) is 1.28. The molecule has 1 N–H and O–H groups in total. The van der Waals surface area contributed by atoms with Gasteiger partial charge in [0, 0.05) is 25.9 Å². The molecule has 1 saturated heterocycles. The second-order valence-electron chi connectivity index (χ2n) is 6.86. The molecule has 2 rings (SSSR count). The molecule has 0 aromatic carbocycles. The highest BCUT2D eigenvalue weighted by Crippen LogP contribution is 2.45. The molecule has 0 amide bonds. The summed E-state index contributed by atoms with van der Waals surface area (Å²) in [6.45, 7) is 6.42. The topological polar surface area (TPSA) is 71.0 Å². The third kappa shape index (κ3) is 5.95. The Labute approximate surface area is 140 Å². The molecule has 1 spiro atoms. The first kappa shape index (κ1) is 18.5. The highest BCUT2D eigenvalue weighted by molar-refractivity contribution is 7.90. The first-order chi connectivity index (χ1) is 10.9. The molecule has 23 heavy (non-hydrogen) atoms. The van der Waals surface area contributed by atoms with Crippen LogP contribution in [0.15, 0.2) is 4.99 Å². The van der Waals surface area contributed by atoms with Crippen LogP contribution in [0.2, 0.25) is 0 Å². The molecule has 0 unspecified atom stereocenters. The lowest BCUT2D eigenvalue weighted by Crippen LogP contribution is -2.41. The molecule has 6 nitrogen and oxygen atoms in total. The number of guanidine groups is 1. The number of nitrogens with zero attached hydrogens (tertiary/aromatic N) is 2. The maximum Gasteiger partial charge on any atom is 0.194 e. The van der Waals surface area contributed by atoms with Gasteiger partial charge in [-0.2, -0.15) is 0 Å². The zero-order chi connectivity index (χ0) is 16.8. The van der Waals surface area contributed by atoms with Crippen LogP contribution in [0.25, 0.3) is 0 Å². The summed E-state index contributed by atoms with van der Waals surface area (Å²) in [6, 6.07) is 0. The van der Waals surface area contributed by atoms with Crippen LogP contribution in [0.4, 0.5) is 0 Å². The summed E-state index contributed by atoms with van der Waals surface area (Å²) in [4.78, 5) is 7.02. The molecule has 2 aliphatic rings. The molecule has 1 aliphatic carbocycles. The van der Waals surface area contributed by atoms with Crippen molar-refractivity contribution < 1.29 is 13.2 Å². The second kappa shape index (κ2) is 8.33. The fourth-order valence-corrected chi connectivity index (χ4v) is 4.02. The van der Waals surface area contributed by atoms with E-state index in [1.807, 2.05) is 0 Å². The fourth-order valence-electron chi connectivity index (χ4n) is 3.60. The van der Waals surface area contributed by atoms with Crippen LogP contribution >= 0.6 is 0 Å². The summed E-state index contributed by atoms with van der Waals surface area (Å²) in [5.74, 6) is 1.05. The summed E-state index contributed by atoms with van der Waals surface area (Å²) in [5, 5.41) is 3.37. The quantitative estimate of drug-likeness (QED) is 0.428. The molecule has 1 heterocycles. The zero-order valence-electron chi connectivity index (χ0n) is 14.5. The second-order valence-corrected chi connectivity index (χ2v) is 9.12. The van der Waals surface area contributed by atoms with E-state index in [-0.39, 0.29) is 12.4 Å². The predicted molar refractivity (Wildman–Crippen MR) is 93.6 cm³/mol. The van der Waals surface area contributed by atoms with Crippen molar-refractivity contribution in [2.75, 3.05) is 51.4 Å². The van der Waals surface area contributed by atoms with Crippen LogP contribution in [-0.4, -0.2) is 70.7 Å². The minimum absolute atomic E-state index is 0.0748. The average molecular weight is 346 g/mol. The number of hydrogen-bond donors (Lipinski definition) is 1. The van der Waals surface area contributed by atoms with Gasteiger partial charge >= 0.3 is 0 Å². The van der Waals surface area contributed by atoms with E-state index in [1.54, 1.807) is 0 Å². The van der Waals surface area contributed by atoms with Crippen LogP contribution in [0.5, 0.6) is 0 Å². The standard InChI is InChI=1S/C16H31N3O3S/c1-3-17-15(18-9-11-22-12-13-23(2,20)21)19-10-8-16(14-19)6-4-5-7-16/h3-14H2,1-2H3,(H,17,18). The Kier molecular flexibility index (Phi) is 6.71. The SMILES string of the molecule is CCNC(=NCCOCCS(C)(=O)=O)N1CCC2(CCCC2)C1. The van der Waals surface area contributed by atoms with Gasteiger partial charge < -0.3 is 15.0 Å². The summed E-state index contributed by atoms with van der Waals surface area (Å²) >= 11 is 0. The van der Waals surface area contributed by atoms with E-state index in [1.165, 1.54) is 38.4 Å². The van der Waals surface area contributed by atoms with Gasteiger partial charge in [-0.25, -0.2) is 8.42 Å². The maximum absolute atomic E-state index is 11.0. The number of nitrogens with one attached hydrogen (secondary N) is 1. The largest absolute Gasteiger partial charge is 0.378 e. The van der Waals surface area contributed by atoms with Crippen LogP contribution < -0.4 is 5.32 Å². The van der Waals surface area contributed by atoms with Gasteiger partial charge in [-0.1, -0.05) is 12.8 Å². The van der Waals surface area contributed by atoms with E-state index >= 15 is 0 Å². The van der Waals surface area contributed by atoms with Crippen molar-refractivity contribution in [2.45, 2.75) is 39.0 Å². The van der Waals surface area contributed by atoms with E-state index in [9.17, 15) is 8.42 Å². The molecule has 1 aliphatic heterocycles. The lowest BCUT2D eigenvalue weighted by Gasteiger charge is -2.25. The summed E-state index contributed by atoms with van der Waals surface area (Å²) in [5.41, 5.74) is 0.530. The van der Waals surface area contributed by atoms with Crippen LogP contribution in [0.1, 0.15) is 39.0 Å². The highest BCUT2D eigenvalue weighted by atomic mass is 32.2. The third-order valence-electron chi connectivity index (χ3n) is 4.83. The molecular formula is C16H31N3O3S. The summed E-state index contributed by atoms with van der Waals surface area (Å²) in [7, 11) is -2.94. The molecule has 0 atom stereocenters. The molecule has 0 radical (unpaired) electrons. The molecule has 0 aromatic rings. The Bertz CT molecular complexity index is 499. The number of rotatable bonds is 7. The molecule has 1 saturated carbocycles. The molecular weight excluding hydrogens is 314 g/mol. The van der Waals surface area contributed by atoms with Gasteiger partial charge in [0.25, 0.3) is 0 Å². The fraction of sp³-hybridized carbons (Fsp3) is 0.938. The smallest absolute Gasteiger partial charge is 0.194 e. The number of ether oxygens (including phenoxy) is 1. The minimum Gasteiger partial charge on any atom is -0.378 e. The van der Waals surface area contributed by atoms with Gasteiger partial charge in [-0.05, 0) is 31.6 Å². The number of hydrogen-bond acceptors (Lipinski definition) is 4. The molecule has 0 bridgehead atoms. The van der Waals surface area contributed by atoms with Gasteiger partial charge in [0.05, 0.1) is 25.5 Å². The van der Waals surface area contributed by atoms with Gasteiger partial charge in [0.15, 0.2) is 5.96 Å². The average Bonchev–Trinajstić information content (AvgIpc) is 3.11. The van der Waals surface area contributed by atoms with Crippen LogP contribution in [-0.2, 0) is 14.6 Å². The van der Waals surface area contributed by atoms with E-state index < -0.39 is 9.84 Å². The van der Waals surface area contributed by atoms with Gasteiger partial charge in [-0.15, -0.1) is 0 Å². The van der Waals surface area contributed by atoms with Crippen molar-refractivity contribution in [2.24, 2.45) is 10.4 Å². The molecule has 7 heteroatoms. The molecule has 134 valence electrons. The maximum atomic E-state index is 11.0. The van der Waals surface area contributed by atoms with E-state index in [4.69, 9.17) is 4.74 Å². The Morgan fingerprint density at radius 1 is 1.26 bits per heavy atom. The Morgan fingerprint density at radius 3 is 2.65 bits per heavy atom. The lowest BCUT2D eigenvalue weighted by molar-refractivity contribution is 0.157. The Hall–Kier alpha value is -0.820. The summed E-state index contributed by atoms with van der Waals surface area (Å²) < 4.78 is 27.4. The Morgan fingerprint density at radius 2 is 2.00 bits per heavy atom. The van der Waals surface area contributed by atoms with Crippen LogP contribution in [0.3, 0.4) is 0 Å². The highest BCUT2D eigenvalue weighted by Gasteiger charge is 2.41. The van der Waals surface area contributed by atoms with Gasteiger partial charge in [-0.3, -0.25) is 4.99 Å². The first-order valence-corrected chi connectivity index (χ1v) is 10.8. The van der Waals surface area contributed by atoms with Crippen molar-refractivity contribution in [3.8, 4) is 0 Å².